The number of thiophene rings is 1. The van der Waals surface area contributed by atoms with Crippen LogP contribution in [0.4, 0.5) is 0 Å². The number of likely N-dealkylation sites (N-methyl/N-ethyl adjacent to an activating group) is 1. The number of carboxylic acid groups (broad SMARTS) is 2. The number of carboxylic acids is 2. The van der Waals surface area contributed by atoms with Crippen LogP contribution in [0.3, 0.4) is 0 Å². The highest BCUT2D eigenvalue weighted by atomic mass is 32.1. The van der Waals surface area contributed by atoms with Crippen LogP contribution in [-0.2, 0) is 20.7 Å². The van der Waals surface area contributed by atoms with Crippen molar-refractivity contribution >= 4 is 33.4 Å². The van der Waals surface area contributed by atoms with Gasteiger partial charge in [-0.2, -0.15) is 0 Å². The van der Waals surface area contributed by atoms with Crippen molar-refractivity contribution in [3.05, 3.63) is 35.2 Å². The molecule has 0 saturated carbocycles. The molecule has 0 amide bonds. The van der Waals surface area contributed by atoms with E-state index >= 15 is 0 Å². The van der Waals surface area contributed by atoms with E-state index in [2.05, 4.69) is 48.4 Å². The molecule has 0 aliphatic heterocycles. The Morgan fingerprint density at radius 1 is 1.08 bits per heavy atom. The van der Waals surface area contributed by atoms with Crippen LogP contribution >= 0.6 is 11.3 Å². The Hall–Kier alpha value is -1.96. The van der Waals surface area contributed by atoms with Crippen LogP contribution in [0.5, 0.6) is 0 Å². The lowest BCUT2D eigenvalue weighted by molar-refractivity contribution is -0.159. The van der Waals surface area contributed by atoms with Gasteiger partial charge >= 0.3 is 11.9 Å². The van der Waals surface area contributed by atoms with Crippen LogP contribution in [0.1, 0.15) is 19.4 Å². The summed E-state index contributed by atoms with van der Waals surface area (Å²) in [5.74, 6) is -3.65. The van der Waals surface area contributed by atoms with Gasteiger partial charge in [-0.25, -0.2) is 9.59 Å². The molecule has 7 heteroatoms. The smallest absolute Gasteiger partial charge is 0.414 e. The molecule has 138 valence electrons. The topological polar surface area (TPSA) is 87.1 Å². The van der Waals surface area contributed by atoms with Gasteiger partial charge in [0.05, 0.1) is 13.2 Å². The van der Waals surface area contributed by atoms with Gasteiger partial charge in [-0.1, -0.05) is 32.0 Å². The maximum atomic E-state index is 9.10. The lowest BCUT2D eigenvalue weighted by Crippen LogP contribution is -2.27. The molecule has 2 aromatic rings. The predicted molar refractivity (Wildman–Crippen MR) is 99.4 cm³/mol. The second-order valence-corrected chi connectivity index (χ2v) is 6.17. The Morgan fingerprint density at radius 3 is 2.36 bits per heavy atom. The number of rotatable bonds is 8. The second-order valence-electron chi connectivity index (χ2n) is 5.26. The number of aliphatic carboxylic acids is 2. The molecule has 0 radical (unpaired) electrons. The first-order chi connectivity index (χ1) is 12.0. The lowest BCUT2D eigenvalue weighted by Gasteiger charge is -2.17. The van der Waals surface area contributed by atoms with Crippen molar-refractivity contribution in [2.45, 2.75) is 20.3 Å². The van der Waals surface area contributed by atoms with Crippen LogP contribution < -0.4 is 0 Å². The first-order valence-corrected chi connectivity index (χ1v) is 9.08. The summed E-state index contributed by atoms with van der Waals surface area (Å²) in [5.41, 5.74) is 1.41. The summed E-state index contributed by atoms with van der Waals surface area (Å²) in [7, 11) is 0. The van der Waals surface area contributed by atoms with E-state index in [1.807, 2.05) is 11.3 Å². The number of nitrogens with zero attached hydrogens (tertiary/aromatic N) is 1. The van der Waals surface area contributed by atoms with Gasteiger partial charge in [0.15, 0.2) is 0 Å². The zero-order valence-corrected chi connectivity index (χ0v) is 15.4. The summed E-state index contributed by atoms with van der Waals surface area (Å²) >= 11 is 1.83. The van der Waals surface area contributed by atoms with Crippen molar-refractivity contribution in [2.75, 3.05) is 32.8 Å². The van der Waals surface area contributed by atoms with Crippen molar-refractivity contribution in [1.29, 1.82) is 0 Å². The fourth-order valence-corrected chi connectivity index (χ4v) is 3.21. The fourth-order valence-electron chi connectivity index (χ4n) is 2.27. The summed E-state index contributed by atoms with van der Waals surface area (Å²) in [6.45, 7) is 9.29. The molecule has 1 aromatic heterocycles. The number of benzene rings is 1. The normalized spacial score (nSPS) is 10.5. The molecule has 0 saturated heterocycles. The SMILES string of the molecule is CCN(CC)CCOCCc1cccc2ccsc12.O=C(O)C(=O)O. The van der Waals surface area contributed by atoms with Crippen LogP contribution in [0, 0.1) is 0 Å². The van der Waals surface area contributed by atoms with E-state index in [9.17, 15) is 0 Å². The average molecular weight is 367 g/mol. The van der Waals surface area contributed by atoms with Crippen molar-refractivity contribution in [3.63, 3.8) is 0 Å². The molecule has 0 fully saturated rings. The van der Waals surface area contributed by atoms with Gasteiger partial charge < -0.3 is 19.8 Å². The highest BCUT2D eigenvalue weighted by Crippen LogP contribution is 2.24. The monoisotopic (exact) mass is 367 g/mol. The van der Waals surface area contributed by atoms with Crippen molar-refractivity contribution in [1.82, 2.24) is 4.90 Å². The third-order valence-electron chi connectivity index (χ3n) is 3.71. The van der Waals surface area contributed by atoms with Gasteiger partial charge in [-0.15, -0.1) is 11.3 Å². The average Bonchev–Trinajstić information content (AvgIpc) is 3.08. The van der Waals surface area contributed by atoms with E-state index < -0.39 is 11.9 Å². The molecule has 2 N–H and O–H groups in total. The van der Waals surface area contributed by atoms with Crippen LogP contribution in [0.2, 0.25) is 0 Å². The lowest BCUT2D eigenvalue weighted by atomic mass is 10.1. The Kier molecular flexibility index (Phi) is 9.76. The molecular formula is C18H25NO5S. The third kappa shape index (κ3) is 7.64. The summed E-state index contributed by atoms with van der Waals surface area (Å²) in [4.78, 5) is 20.6. The van der Waals surface area contributed by atoms with E-state index in [0.717, 1.165) is 39.3 Å². The van der Waals surface area contributed by atoms with Gasteiger partial charge in [0.1, 0.15) is 0 Å². The maximum absolute atomic E-state index is 9.10. The Bertz CT molecular complexity index is 654. The molecule has 0 aliphatic rings. The van der Waals surface area contributed by atoms with E-state index in [-0.39, 0.29) is 0 Å². The second kappa shape index (κ2) is 11.6. The number of carbonyl (C=O) groups is 2. The minimum Gasteiger partial charge on any atom is -0.473 e. The van der Waals surface area contributed by atoms with Crippen LogP contribution in [0.15, 0.2) is 29.6 Å². The number of fused-ring (bicyclic) bond motifs is 1. The molecule has 0 atom stereocenters. The zero-order valence-electron chi connectivity index (χ0n) is 14.6. The molecule has 2 rings (SSSR count). The first kappa shape index (κ1) is 21.1. The molecular weight excluding hydrogens is 342 g/mol. The number of hydrogen-bond donors (Lipinski definition) is 2. The predicted octanol–water partition coefficient (Wildman–Crippen LogP) is 2.96. The first-order valence-electron chi connectivity index (χ1n) is 8.21. The summed E-state index contributed by atoms with van der Waals surface area (Å²) in [6.07, 6.45) is 1.01. The molecule has 0 bridgehead atoms. The molecule has 25 heavy (non-hydrogen) atoms. The van der Waals surface area contributed by atoms with Gasteiger partial charge in [0, 0.05) is 11.2 Å². The number of hydrogen-bond acceptors (Lipinski definition) is 5. The summed E-state index contributed by atoms with van der Waals surface area (Å²) in [6, 6.07) is 8.72. The summed E-state index contributed by atoms with van der Waals surface area (Å²) in [5, 5.41) is 18.3. The fraction of sp³-hybridized carbons (Fsp3) is 0.444. The Labute approximate surface area is 151 Å². The third-order valence-corrected chi connectivity index (χ3v) is 4.71. The van der Waals surface area contributed by atoms with Crippen molar-refractivity contribution in [3.8, 4) is 0 Å². The molecule has 0 unspecified atom stereocenters. The van der Waals surface area contributed by atoms with Gasteiger partial charge in [0.25, 0.3) is 0 Å². The minimum atomic E-state index is -1.82. The summed E-state index contributed by atoms with van der Waals surface area (Å²) < 4.78 is 7.17. The minimum absolute atomic E-state index is 0.818. The largest absolute Gasteiger partial charge is 0.473 e. The highest BCUT2D eigenvalue weighted by Gasteiger charge is 2.04. The Balaban J connectivity index is 0.000000450. The van der Waals surface area contributed by atoms with Crippen LogP contribution in [-0.4, -0.2) is 59.9 Å². The maximum Gasteiger partial charge on any atom is 0.414 e. The zero-order chi connectivity index (χ0) is 18.7. The van der Waals surface area contributed by atoms with Gasteiger partial charge in [-0.05, 0) is 41.9 Å². The number of ether oxygens (including phenoxy) is 1. The molecule has 1 heterocycles. The van der Waals surface area contributed by atoms with E-state index in [1.165, 1.54) is 15.6 Å². The van der Waals surface area contributed by atoms with Crippen molar-refractivity contribution < 1.29 is 24.5 Å². The van der Waals surface area contributed by atoms with E-state index in [4.69, 9.17) is 24.5 Å². The molecule has 1 aromatic carbocycles. The standard InChI is InChI=1S/C16H23NOS.C2H2O4/c1-3-17(4-2)10-12-18-11-8-14-6-5-7-15-9-13-19-16(14)15;3-1(4)2(5)6/h5-7,9,13H,3-4,8,10-12H2,1-2H3;(H,3,4)(H,5,6). The van der Waals surface area contributed by atoms with E-state index in [1.54, 1.807) is 0 Å². The van der Waals surface area contributed by atoms with E-state index in [0.29, 0.717) is 0 Å². The molecule has 0 aliphatic carbocycles. The molecule has 6 nitrogen and oxygen atoms in total. The molecule has 0 spiro atoms. The van der Waals surface area contributed by atoms with Gasteiger partial charge in [-0.3, -0.25) is 0 Å². The van der Waals surface area contributed by atoms with Gasteiger partial charge in [0.2, 0.25) is 0 Å². The Morgan fingerprint density at radius 2 is 1.76 bits per heavy atom. The highest BCUT2D eigenvalue weighted by molar-refractivity contribution is 7.17. The van der Waals surface area contributed by atoms with Crippen molar-refractivity contribution in [2.24, 2.45) is 0 Å². The van der Waals surface area contributed by atoms with Crippen LogP contribution in [0.25, 0.3) is 10.1 Å². The quantitative estimate of drug-likeness (QED) is 0.551.